The number of carbonyl (C=O) groups excluding carboxylic acids is 4. The van der Waals surface area contributed by atoms with Crippen molar-refractivity contribution in [1.82, 2.24) is 0 Å². The quantitative estimate of drug-likeness (QED) is 0.298. The Morgan fingerprint density at radius 1 is 0.688 bits per heavy atom. The van der Waals surface area contributed by atoms with Crippen LogP contribution in [-0.2, 0) is 19.2 Å². The Morgan fingerprint density at radius 3 is 2.00 bits per heavy atom. The Morgan fingerprint density at radius 2 is 1.31 bits per heavy atom. The van der Waals surface area contributed by atoms with E-state index in [-0.39, 0.29) is 33.0 Å². The van der Waals surface area contributed by atoms with E-state index in [1.807, 2.05) is 12.2 Å². The number of ketones is 4. The number of hydrogen-bond donors (Lipinski definition) is 0. The number of fused-ring (bicyclic) bond motifs is 10. The van der Waals surface area contributed by atoms with E-state index in [0.29, 0.717) is 71.5 Å². The predicted molar refractivity (Wildman–Crippen MR) is 191 cm³/mol. The summed E-state index contributed by atoms with van der Waals surface area (Å²) in [6, 6.07) is 0. The minimum absolute atomic E-state index is 0.124. The largest absolute Gasteiger partial charge is 0.300 e. The zero-order valence-electron chi connectivity index (χ0n) is 31.0. The van der Waals surface area contributed by atoms with Gasteiger partial charge in [0.1, 0.15) is 11.6 Å². The van der Waals surface area contributed by atoms with Crippen molar-refractivity contribution >= 4 is 23.1 Å². The third-order valence-corrected chi connectivity index (χ3v) is 17.2. The van der Waals surface area contributed by atoms with E-state index in [1.54, 1.807) is 13.8 Å². The molecule has 0 heterocycles. The standard InChI is InChI=1S/C23H32O2.C21H28O2/c1-14-12-17-18(21(3)9-6-16(25)13-20(14)21)7-11-23(5)19(17)8-10-22(23,4)15(2)24;1-13(22)17-6-7-18-16-5-4-14-12-15(23)8-10-20(14,2)19(16)9-11-21(17,18)3/h12-13,17-19H,6-11H2,1-5H3;4-5,12,16-19H,6-11H2,1-3H3/t17-,18+,19+,21-,22-,23+;16-,17+,18-,19+,20+,21+/m10/s1. The Hall–Kier alpha value is -2.36. The number of hydrogen-bond acceptors (Lipinski definition) is 4. The lowest BCUT2D eigenvalue weighted by Gasteiger charge is -2.58. The Bertz CT molecular complexity index is 1570. The highest BCUT2D eigenvalue weighted by Gasteiger charge is 2.64. The van der Waals surface area contributed by atoms with Crippen LogP contribution in [0.3, 0.4) is 0 Å². The third-order valence-electron chi connectivity index (χ3n) is 17.2. The second-order valence-electron chi connectivity index (χ2n) is 18.9. The Kier molecular flexibility index (Phi) is 8.05. The van der Waals surface area contributed by atoms with Gasteiger partial charge < -0.3 is 0 Å². The SMILES string of the molecule is CC(=O)[C@@]1(C)CC[C@H]2[C@@H]3C=C(C)C4=CC(=O)CC[C@]4(C)[C@H]3CC[C@@]21C.CC(=O)[C@H]1CC[C@H]2[C@@H]3C=CC4=CC(=O)CC[C@@]4(C)[C@@H]3CC[C@]12C. The van der Waals surface area contributed by atoms with Crippen molar-refractivity contribution in [3.63, 3.8) is 0 Å². The highest BCUT2D eigenvalue weighted by Crippen LogP contribution is 2.70. The van der Waals surface area contributed by atoms with Gasteiger partial charge in [-0.1, -0.05) is 58.4 Å². The van der Waals surface area contributed by atoms with Gasteiger partial charge in [0.2, 0.25) is 0 Å². The van der Waals surface area contributed by atoms with Gasteiger partial charge in [-0.2, -0.15) is 0 Å². The molecule has 0 radical (unpaired) electrons. The van der Waals surface area contributed by atoms with Crippen molar-refractivity contribution in [1.29, 1.82) is 0 Å². The normalized spacial score (nSPS) is 48.6. The second-order valence-corrected chi connectivity index (χ2v) is 18.9. The molecule has 4 saturated carbocycles. The number of allylic oxidation sites excluding steroid dienone is 8. The summed E-state index contributed by atoms with van der Waals surface area (Å²) in [5, 5.41) is 0. The summed E-state index contributed by atoms with van der Waals surface area (Å²) in [5.41, 5.74) is 4.36. The number of carbonyl (C=O) groups is 4. The third kappa shape index (κ3) is 4.65. The lowest BCUT2D eigenvalue weighted by molar-refractivity contribution is -0.136. The Labute approximate surface area is 289 Å². The summed E-state index contributed by atoms with van der Waals surface area (Å²) in [5.74, 6) is 5.30. The van der Waals surface area contributed by atoms with E-state index in [4.69, 9.17) is 0 Å². The minimum atomic E-state index is -0.163. The lowest BCUT2D eigenvalue weighted by Crippen LogP contribution is -2.52. The first-order chi connectivity index (χ1) is 22.5. The molecule has 4 nitrogen and oxygen atoms in total. The molecule has 48 heavy (non-hydrogen) atoms. The van der Waals surface area contributed by atoms with Gasteiger partial charge in [-0.3, -0.25) is 19.2 Å². The van der Waals surface area contributed by atoms with Gasteiger partial charge in [0.15, 0.2) is 11.6 Å². The molecule has 0 amide bonds. The molecule has 0 bridgehead atoms. The molecule has 0 spiro atoms. The van der Waals surface area contributed by atoms with Crippen LogP contribution in [0.15, 0.2) is 47.1 Å². The first kappa shape index (κ1) is 34.1. The number of Topliss-reactive ketones (excluding diaryl/α,β-unsaturated/α-hetero) is 2. The topological polar surface area (TPSA) is 68.3 Å². The molecule has 8 aliphatic rings. The first-order valence-corrected chi connectivity index (χ1v) is 19.4. The molecule has 260 valence electrons. The van der Waals surface area contributed by atoms with Crippen molar-refractivity contribution in [2.45, 2.75) is 132 Å². The molecule has 0 saturated heterocycles. The zero-order valence-corrected chi connectivity index (χ0v) is 31.0. The second kappa shape index (κ2) is 11.3. The van der Waals surface area contributed by atoms with Crippen molar-refractivity contribution in [3.8, 4) is 0 Å². The van der Waals surface area contributed by atoms with Crippen LogP contribution in [-0.4, -0.2) is 23.1 Å². The molecule has 8 rings (SSSR count). The summed E-state index contributed by atoms with van der Waals surface area (Å²) in [4.78, 5) is 48.5. The molecule has 12 atom stereocenters. The zero-order chi connectivity index (χ0) is 34.6. The van der Waals surface area contributed by atoms with Crippen molar-refractivity contribution < 1.29 is 19.2 Å². The average Bonchev–Trinajstić information content (AvgIpc) is 3.53. The molecule has 8 aliphatic carbocycles. The highest BCUT2D eigenvalue weighted by molar-refractivity contribution is 5.93. The molecule has 0 aliphatic heterocycles. The fraction of sp³-hybridized carbons (Fsp3) is 0.727. The van der Waals surface area contributed by atoms with Crippen LogP contribution in [0.25, 0.3) is 0 Å². The van der Waals surface area contributed by atoms with E-state index >= 15 is 0 Å². The van der Waals surface area contributed by atoms with Gasteiger partial charge in [0, 0.05) is 24.2 Å². The molecular formula is C44H60O4. The summed E-state index contributed by atoms with van der Waals surface area (Å²) >= 11 is 0. The fourth-order valence-electron chi connectivity index (χ4n) is 13.9. The van der Waals surface area contributed by atoms with E-state index in [0.717, 1.165) is 32.1 Å². The molecule has 0 aromatic rings. The molecule has 4 heteroatoms. The molecule has 0 N–H and O–H groups in total. The van der Waals surface area contributed by atoms with E-state index in [1.165, 1.54) is 48.8 Å². The van der Waals surface area contributed by atoms with Crippen molar-refractivity contribution in [2.24, 2.45) is 68.5 Å². The maximum absolute atomic E-state index is 12.5. The van der Waals surface area contributed by atoms with Gasteiger partial charge >= 0.3 is 0 Å². The summed E-state index contributed by atoms with van der Waals surface area (Å²) < 4.78 is 0. The van der Waals surface area contributed by atoms with Gasteiger partial charge in [-0.05, 0) is 165 Å². The molecule has 0 aromatic heterocycles. The van der Waals surface area contributed by atoms with Crippen LogP contribution < -0.4 is 0 Å². The average molecular weight is 653 g/mol. The van der Waals surface area contributed by atoms with Crippen LogP contribution >= 0.6 is 0 Å². The van der Waals surface area contributed by atoms with Crippen LogP contribution in [0.1, 0.15) is 132 Å². The molecular weight excluding hydrogens is 592 g/mol. The van der Waals surface area contributed by atoms with Gasteiger partial charge in [0.25, 0.3) is 0 Å². The molecule has 4 fully saturated rings. The fourth-order valence-corrected chi connectivity index (χ4v) is 13.9. The van der Waals surface area contributed by atoms with E-state index in [2.05, 4.69) is 59.8 Å². The molecule has 0 unspecified atom stereocenters. The van der Waals surface area contributed by atoms with Crippen molar-refractivity contribution in [3.05, 3.63) is 47.1 Å². The summed E-state index contributed by atoms with van der Waals surface area (Å²) in [6.07, 6.45) is 23.5. The maximum Gasteiger partial charge on any atom is 0.156 e. The summed E-state index contributed by atoms with van der Waals surface area (Å²) in [7, 11) is 0. The van der Waals surface area contributed by atoms with E-state index < -0.39 is 0 Å². The lowest BCUT2D eigenvalue weighted by atomic mass is 9.46. The van der Waals surface area contributed by atoms with Crippen LogP contribution in [0, 0.1) is 68.5 Å². The van der Waals surface area contributed by atoms with Gasteiger partial charge in [-0.15, -0.1) is 0 Å². The van der Waals surface area contributed by atoms with Crippen molar-refractivity contribution in [2.75, 3.05) is 0 Å². The summed E-state index contributed by atoms with van der Waals surface area (Å²) in [6.45, 7) is 17.6. The minimum Gasteiger partial charge on any atom is -0.300 e. The van der Waals surface area contributed by atoms with Gasteiger partial charge in [0.05, 0.1) is 0 Å². The van der Waals surface area contributed by atoms with Crippen LogP contribution in [0.2, 0.25) is 0 Å². The van der Waals surface area contributed by atoms with E-state index in [9.17, 15) is 19.2 Å². The maximum atomic E-state index is 12.5. The first-order valence-electron chi connectivity index (χ1n) is 19.4. The predicted octanol–water partition coefficient (Wildman–Crippen LogP) is 9.78. The monoisotopic (exact) mass is 652 g/mol. The molecule has 0 aromatic carbocycles. The Balaban J connectivity index is 0.000000152. The highest BCUT2D eigenvalue weighted by atomic mass is 16.1. The van der Waals surface area contributed by atoms with Crippen LogP contribution in [0.4, 0.5) is 0 Å². The smallest absolute Gasteiger partial charge is 0.156 e. The van der Waals surface area contributed by atoms with Crippen LogP contribution in [0.5, 0.6) is 0 Å². The number of rotatable bonds is 2. The van der Waals surface area contributed by atoms with Gasteiger partial charge in [-0.25, -0.2) is 0 Å².